The second-order valence-electron chi connectivity index (χ2n) is 6.34. The van der Waals surface area contributed by atoms with E-state index < -0.39 is 0 Å². The molecule has 0 fully saturated rings. The highest BCUT2D eigenvalue weighted by atomic mass is 16.5. The first-order valence-corrected chi connectivity index (χ1v) is 8.38. The lowest BCUT2D eigenvalue weighted by Gasteiger charge is -2.34. The van der Waals surface area contributed by atoms with E-state index in [0.717, 1.165) is 38.6 Å². The van der Waals surface area contributed by atoms with Gasteiger partial charge in [-0.2, -0.15) is 0 Å². The Morgan fingerprint density at radius 3 is 2.26 bits per heavy atom. The number of rotatable bonds is 13. The summed E-state index contributed by atoms with van der Waals surface area (Å²) < 4.78 is 5.72. The van der Waals surface area contributed by atoms with Crippen LogP contribution in [0.1, 0.15) is 73.1 Å². The molecule has 2 heteroatoms. The minimum Gasteiger partial charge on any atom is -0.381 e. The van der Waals surface area contributed by atoms with Crippen LogP contribution in [0, 0.1) is 11.3 Å². The summed E-state index contributed by atoms with van der Waals surface area (Å²) in [5.41, 5.74) is 0.443. The Kier molecular flexibility index (Phi) is 11.7. The predicted molar refractivity (Wildman–Crippen MR) is 85.7 cm³/mol. The smallest absolute Gasteiger partial charge is 0.0471 e. The van der Waals surface area contributed by atoms with Crippen molar-refractivity contribution in [3.05, 3.63) is 0 Å². The predicted octanol–water partition coefficient (Wildman–Crippen LogP) is 4.64. The van der Waals surface area contributed by atoms with Crippen molar-refractivity contribution in [1.29, 1.82) is 0 Å². The van der Waals surface area contributed by atoms with Gasteiger partial charge in [0.05, 0.1) is 0 Å². The van der Waals surface area contributed by atoms with Gasteiger partial charge in [0.25, 0.3) is 0 Å². The molecule has 0 aromatic rings. The first kappa shape index (κ1) is 18.9. The summed E-state index contributed by atoms with van der Waals surface area (Å²) >= 11 is 0. The number of ether oxygens (including phenoxy) is 1. The van der Waals surface area contributed by atoms with Gasteiger partial charge < -0.3 is 10.1 Å². The van der Waals surface area contributed by atoms with Crippen LogP contribution in [0.5, 0.6) is 0 Å². The summed E-state index contributed by atoms with van der Waals surface area (Å²) in [5.74, 6) is 0.733. The molecule has 1 unspecified atom stereocenters. The number of hydrogen-bond donors (Lipinski definition) is 1. The lowest BCUT2D eigenvalue weighted by Crippen LogP contribution is -2.36. The molecular weight excluding hydrogens is 234 g/mol. The average Bonchev–Trinajstić information content (AvgIpc) is 2.40. The van der Waals surface area contributed by atoms with Crippen LogP contribution in [-0.4, -0.2) is 26.3 Å². The molecule has 0 aliphatic rings. The first-order chi connectivity index (χ1) is 9.10. The second-order valence-corrected chi connectivity index (χ2v) is 6.34. The molecule has 0 heterocycles. The van der Waals surface area contributed by atoms with E-state index in [1.807, 2.05) is 0 Å². The van der Waals surface area contributed by atoms with Crippen LogP contribution in [-0.2, 0) is 4.74 Å². The molecule has 0 saturated carbocycles. The van der Waals surface area contributed by atoms with E-state index in [0.29, 0.717) is 5.41 Å². The zero-order chi connectivity index (χ0) is 14.6. The van der Waals surface area contributed by atoms with Crippen molar-refractivity contribution in [2.24, 2.45) is 11.3 Å². The summed E-state index contributed by atoms with van der Waals surface area (Å²) in [5, 5.41) is 3.67. The van der Waals surface area contributed by atoms with Crippen molar-refractivity contribution >= 4 is 0 Å². The highest BCUT2D eigenvalue weighted by Crippen LogP contribution is 2.32. The highest BCUT2D eigenvalue weighted by Gasteiger charge is 2.26. The Balaban J connectivity index is 4.23. The molecule has 0 aromatic carbocycles. The van der Waals surface area contributed by atoms with Crippen molar-refractivity contribution in [3.8, 4) is 0 Å². The van der Waals surface area contributed by atoms with Crippen molar-refractivity contribution in [2.45, 2.75) is 73.1 Å². The van der Waals surface area contributed by atoms with Crippen LogP contribution in [0.25, 0.3) is 0 Å². The molecule has 0 amide bonds. The Morgan fingerprint density at radius 1 is 1.00 bits per heavy atom. The fourth-order valence-electron chi connectivity index (χ4n) is 2.49. The Morgan fingerprint density at radius 2 is 1.74 bits per heavy atom. The van der Waals surface area contributed by atoms with E-state index in [-0.39, 0.29) is 0 Å². The SMILES string of the molecule is CCCCC(CC)(CCOCCC)CNCC(C)C. The summed E-state index contributed by atoms with van der Waals surface area (Å²) in [7, 11) is 0. The van der Waals surface area contributed by atoms with E-state index in [1.165, 1.54) is 32.1 Å². The molecule has 0 bridgehead atoms. The molecule has 2 nitrogen and oxygen atoms in total. The van der Waals surface area contributed by atoms with Crippen LogP contribution in [0.15, 0.2) is 0 Å². The van der Waals surface area contributed by atoms with Crippen molar-refractivity contribution in [2.75, 3.05) is 26.3 Å². The van der Waals surface area contributed by atoms with E-state index in [1.54, 1.807) is 0 Å². The minimum absolute atomic E-state index is 0.443. The molecule has 19 heavy (non-hydrogen) atoms. The largest absolute Gasteiger partial charge is 0.381 e. The molecule has 0 rings (SSSR count). The third-order valence-electron chi connectivity index (χ3n) is 3.99. The van der Waals surface area contributed by atoms with Crippen molar-refractivity contribution in [3.63, 3.8) is 0 Å². The minimum atomic E-state index is 0.443. The van der Waals surface area contributed by atoms with Gasteiger partial charge in [0.1, 0.15) is 0 Å². The maximum atomic E-state index is 5.72. The van der Waals surface area contributed by atoms with Gasteiger partial charge in [-0.15, -0.1) is 0 Å². The Hall–Kier alpha value is -0.0800. The fraction of sp³-hybridized carbons (Fsp3) is 1.00. The third-order valence-corrected chi connectivity index (χ3v) is 3.99. The Labute approximate surface area is 121 Å². The summed E-state index contributed by atoms with van der Waals surface area (Å²) in [4.78, 5) is 0. The molecule has 0 saturated heterocycles. The van der Waals surface area contributed by atoms with Crippen LogP contribution in [0.3, 0.4) is 0 Å². The maximum absolute atomic E-state index is 5.72. The van der Waals surface area contributed by atoms with Crippen LogP contribution >= 0.6 is 0 Å². The topological polar surface area (TPSA) is 21.3 Å². The van der Waals surface area contributed by atoms with E-state index in [9.17, 15) is 0 Å². The standard InChI is InChI=1S/C17H37NO/c1-6-9-10-17(8-3,11-13-19-12-7-2)15-18-14-16(4)5/h16,18H,6-15H2,1-5H3. The van der Waals surface area contributed by atoms with Crippen molar-refractivity contribution < 1.29 is 4.74 Å². The molecule has 0 spiro atoms. The quantitative estimate of drug-likeness (QED) is 0.493. The molecule has 0 aliphatic heterocycles. The number of unbranched alkanes of at least 4 members (excludes halogenated alkanes) is 1. The van der Waals surface area contributed by atoms with E-state index >= 15 is 0 Å². The van der Waals surface area contributed by atoms with Gasteiger partial charge in [0.2, 0.25) is 0 Å². The van der Waals surface area contributed by atoms with Gasteiger partial charge in [-0.3, -0.25) is 0 Å². The molecule has 0 aliphatic carbocycles. The van der Waals surface area contributed by atoms with Crippen LogP contribution in [0.4, 0.5) is 0 Å². The zero-order valence-electron chi connectivity index (χ0n) is 14.1. The average molecular weight is 271 g/mol. The zero-order valence-corrected chi connectivity index (χ0v) is 14.1. The third kappa shape index (κ3) is 9.45. The molecule has 116 valence electrons. The summed E-state index contributed by atoms with van der Waals surface area (Å²) in [6.45, 7) is 15.5. The van der Waals surface area contributed by atoms with E-state index in [2.05, 4.69) is 39.9 Å². The van der Waals surface area contributed by atoms with Gasteiger partial charge in [-0.1, -0.05) is 47.5 Å². The van der Waals surface area contributed by atoms with Crippen molar-refractivity contribution in [1.82, 2.24) is 5.32 Å². The van der Waals surface area contributed by atoms with Gasteiger partial charge >= 0.3 is 0 Å². The highest BCUT2D eigenvalue weighted by molar-refractivity contribution is 4.80. The van der Waals surface area contributed by atoms with Crippen LogP contribution < -0.4 is 5.32 Å². The maximum Gasteiger partial charge on any atom is 0.0471 e. The molecule has 1 atom stereocenters. The molecular formula is C17H37NO. The lowest BCUT2D eigenvalue weighted by molar-refractivity contribution is 0.0847. The van der Waals surface area contributed by atoms with Gasteiger partial charge in [0, 0.05) is 19.8 Å². The molecule has 1 N–H and O–H groups in total. The molecule has 0 radical (unpaired) electrons. The van der Waals surface area contributed by atoms with Gasteiger partial charge in [-0.05, 0) is 43.6 Å². The van der Waals surface area contributed by atoms with E-state index in [4.69, 9.17) is 4.74 Å². The monoisotopic (exact) mass is 271 g/mol. The van der Waals surface area contributed by atoms with Gasteiger partial charge in [0.15, 0.2) is 0 Å². The summed E-state index contributed by atoms with van der Waals surface area (Å²) in [6, 6.07) is 0. The number of hydrogen-bond acceptors (Lipinski definition) is 2. The fourth-order valence-corrected chi connectivity index (χ4v) is 2.49. The lowest BCUT2D eigenvalue weighted by atomic mass is 9.77. The summed E-state index contributed by atoms with van der Waals surface area (Å²) in [6.07, 6.45) is 7.55. The number of nitrogens with one attached hydrogen (secondary N) is 1. The van der Waals surface area contributed by atoms with Crippen LogP contribution in [0.2, 0.25) is 0 Å². The first-order valence-electron chi connectivity index (χ1n) is 8.38. The molecule has 0 aromatic heterocycles. The Bertz CT molecular complexity index is 194. The second kappa shape index (κ2) is 11.7. The van der Waals surface area contributed by atoms with Gasteiger partial charge in [-0.25, -0.2) is 0 Å². The normalized spacial score (nSPS) is 14.8.